The van der Waals surface area contributed by atoms with Crippen LogP contribution < -0.4 is 9.46 Å². The van der Waals surface area contributed by atoms with Gasteiger partial charge in [-0.1, -0.05) is 42.5 Å². The van der Waals surface area contributed by atoms with E-state index < -0.39 is 28.6 Å². The number of nitrogens with one attached hydrogen (secondary N) is 1. The zero-order chi connectivity index (χ0) is 23.6. The molecule has 0 heterocycles. The molecule has 0 bridgehead atoms. The molecule has 0 radical (unpaired) electrons. The summed E-state index contributed by atoms with van der Waals surface area (Å²) in [5.74, 6) is -0.553. The molecule has 7 heteroatoms. The van der Waals surface area contributed by atoms with Gasteiger partial charge < -0.3 is 9.84 Å². The first-order chi connectivity index (χ1) is 15.8. The molecule has 1 atom stereocenters. The Labute approximate surface area is 194 Å². The summed E-state index contributed by atoms with van der Waals surface area (Å²) >= 11 is 0. The fourth-order valence-corrected chi connectivity index (χ4v) is 5.78. The molecule has 33 heavy (non-hydrogen) atoms. The molecule has 0 spiro atoms. The van der Waals surface area contributed by atoms with E-state index in [1.807, 2.05) is 50.2 Å². The number of carbonyl (C=O) groups is 1. The second-order valence-corrected chi connectivity index (χ2v) is 10.1. The molecular weight excluding hydrogens is 438 g/mol. The fourth-order valence-electron chi connectivity index (χ4n) is 4.45. The van der Waals surface area contributed by atoms with E-state index in [0.29, 0.717) is 18.6 Å². The second-order valence-electron chi connectivity index (χ2n) is 8.36. The highest BCUT2D eigenvalue weighted by molar-refractivity contribution is 7.89. The Hall–Kier alpha value is -3.16. The monoisotopic (exact) mass is 465 g/mol. The molecule has 3 aromatic rings. The molecule has 3 aromatic carbocycles. The van der Waals surface area contributed by atoms with Gasteiger partial charge >= 0.3 is 5.97 Å². The molecule has 1 aliphatic rings. The van der Waals surface area contributed by atoms with Crippen molar-refractivity contribution in [1.29, 1.82) is 0 Å². The van der Waals surface area contributed by atoms with Crippen molar-refractivity contribution >= 4 is 16.0 Å². The van der Waals surface area contributed by atoms with Crippen molar-refractivity contribution in [3.63, 3.8) is 0 Å². The summed E-state index contributed by atoms with van der Waals surface area (Å²) in [7, 11) is -3.76. The van der Waals surface area contributed by atoms with Gasteiger partial charge in [0.25, 0.3) is 0 Å². The van der Waals surface area contributed by atoms with Crippen LogP contribution in [0, 0.1) is 13.8 Å². The van der Waals surface area contributed by atoms with Crippen molar-refractivity contribution < 1.29 is 23.1 Å². The molecule has 6 nitrogen and oxygen atoms in total. The minimum Gasteiger partial charge on any atom is -0.482 e. The lowest BCUT2D eigenvalue weighted by atomic mass is 9.87. The number of fused-ring (bicyclic) bond motifs is 1. The van der Waals surface area contributed by atoms with Crippen molar-refractivity contribution in [1.82, 2.24) is 4.72 Å². The van der Waals surface area contributed by atoms with Crippen LogP contribution >= 0.6 is 0 Å². The van der Waals surface area contributed by atoms with E-state index >= 15 is 0 Å². The van der Waals surface area contributed by atoms with E-state index in [-0.39, 0.29) is 4.90 Å². The normalized spacial score (nSPS) is 15.6. The minimum absolute atomic E-state index is 0.225. The molecule has 0 aromatic heterocycles. The van der Waals surface area contributed by atoms with Crippen LogP contribution in [0.3, 0.4) is 0 Å². The van der Waals surface area contributed by atoms with Crippen molar-refractivity contribution in [3.8, 4) is 16.9 Å². The molecule has 0 saturated heterocycles. The predicted octanol–water partition coefficient (Wildman–Crippen LogP) is 4.79. The Balaban J connectivity index is 1.60. The Morgan fingerprint density at radius 1 is 1.03 bits per heavy atom. The van der Waals surface area contributed by atoms with Gasteiger partial charge in [-0.2, -0.15) is 0 Å². The maximum atomic E-state index is 13.3. The van der Waals surface area contributed by atoms with E-state index in [0.717, 1.165) is 39.8 Å². The SMILES string of the molecule is Cc1ccccc1-c1ccc(S(=O)(=O)NC2CCCc3c(OCC(=O)O)cccc32)cc1C. The molecule has 0 saturated carbocycles. The highest BCUT2D eigenvalue weighted by atomic mass is 32.2. The van der Waals surface area contributed by atoms with Crippen LogP contribution in [0.4, 0.5) is 0 Å². The summed E-state index contributed by atoms with van der Waals surface area (Å²) in [6, 6.07) is 18.2. The van der Waals surface area contributed by atoms with Crippen LogP contribution in [0.5, 0.6) is 5.75 Å². The van der Waals surface area contributed by atoms with Gasteiger partial charge in [0, 0.05) is 6.04 Å². The van der Waals surface area contributed by atoms with Crippen molar-refractivity contribution in [2.75, 3.05) is 6.61 Å². The third-order valence-corrected chi connectivity index (χ3v) is 7.53. The number of benzene rings is 3. The molecule has 0 amide bonds. The summed E-state index contributed by atoms with van der Waals surface area (Å²) < 4.78 is 34.8. The number of aliphatic carboxylic acids is 1. The topological polar surface area (TPSA) is 92.7 Å². The van der Waals surface area contributed by atoms with Gasteiger partial charge in [-0.25, -0.2) is 17.9 Å². The standard InChI is InChI=1S/C26H27NO5S/c1-17-7-3-4-8-20(17)21-14-13-19(15-18(21)2)33(30,31)27-24-11-5-10-23-22(24)9-6-12-25(23)32-16-26(28)29/h3-4,6-9,12-15,24,27H,5,10-11,16H2,1-2H3,(H,28,29). The molecule has 0 fully saturated rings. The molecule has 2 N–H and O–H groups in total. The van der Waals surface area contributed by atoms with E-state index in [4.69, 9.17) is 9.84 Å². The number of rotatable bonds is 7. The van der Waals surface area contributed by atoms with Gasteiger partial charge in [-0.15, -0.1) is 0 Å². The molecule has 1 unspecified atom stereocenters. The first-order valence-corrected chi connectivity index (χ1v) is 12.4. The number of carboxylic acid groups (broad SMARTS) is 1. The Morgan fingerprint density at radius 3 is 2.52 bits per heavy atom. The van der Waals surface area contributed by atoms with Gasteiger partial charge in [-0.05, 0) is 84.7 Å². The quantitative estimate of drug-likeness (QED) is 0.523. The third-order valence-electron chi connectivity index (χ3n) is 6.06. The Morgan fingerprint density at radius 2 is 1.79 bits per heavy atom. The van der Waals surface area contributed by atoms with Crippen molar-refractivity contribution in [2.45, 2.75) is 44.0 Å². The Bertz CT molecular complexity index is 1300. The molecule has 172 valence electrons. The number of sulfonamides is 1. The summed E-state index contributed by atoms with van der Waals surface area (Å²) in [4.78, 5) is 11.1. The van der Waals surface area contributed by atoms with Crippen LogP contribution in [0.1, 0.15) is 41.1 Å². The Kier molecular flexibility index (Phi) is 6.54. The van der Waals surface area contributed by atoms with Crippen molar-refractivity contribution in [3.05, 3.63) is 82.9 Å². The largest absolute Gasteiger partial charge is 0.482 e. The third kappa shape index (κ3) is 4.94. The smallest absolute Gasteiger partial charge is 0.341 e. The number of carboxylic acids is 1. The summed E-state index contributed by atoms with van der Waals surface area (Å²) in [5, 5.41) is 8.92. The first kappa shape index (κ1) is 23.0. The van der Waals surface area contributed by atoms with Gasteiger partial charge in [-0.3, -0.25) is 0 Å². The van der Waals surface area contributed by atoms with Crippen LogP contribution in [0.25, 0.3) is 11.1 Å². The van der Waals surface area contributed by atoms with Crippen LogP contribution in [-0.2, 0) is 21.2 Å². The predicted molar refractivity (Wildman–Crippen MR) is 127 cm³/mol. The lowest BCUT2D eigenvalue weighted by Crippen LogP contribution is -2.31. The average Bonchev–Trinajstić information content (AvgIpc) is 2.78. The van der Waals surface area contributed by atoms with Gasteiger partial charge in [0.2, 0.25) is 10.0 Å². The highest BCUT2D eigenvalue weighted by Crippen LogP contribution is 2.36. The second kappa shape index (κ2) is 9.37. The molecule has 4 rings (SSSR count). The van der Waals surface area contributed by atoms with Crippen LogP contribution in [0.2, 0.25) is 0 Å². The highest BCUT2D eigenvalue weighted by Gasteiger charge is 2.28. The number of aryl methyl sites for hydroxylation is 2. The molecule has 1 aliphatic carbocycles. The molecule has 0 aliphatic heterocycles. The zero-order valence-corrected chi connectivity index (χ0v) is 19.5. The first-order valence-electron chi connectivity index (χ1n) is 10.9. The van der Waals surface area contributed by atoms with E-state index in [1.54, 1.807) is 24.3 Å². The number of hydrogen-bond acceptors (Lipinski definition) is 4. The molecular formula is C26H27NO5S. The van der Waals surface area contributed by atoms with Crippen LogP contribution in [-0.4, -0.2) is 26.1 Å². The van der Waals surface area contributed by atoms with E-state index in [9.17, 15) is 13.2 Å². The van der Waals surface area contributed by atoms with Crippen molar-refractivity contribution in [2.24, 2.45) is 0 Å². The van der Waals surface area contributed by atoms with E-state index in [2.05, 4.69) is 4.72 Å². The zero-order valence-electron chi connectivity index (χ0n) is 18.7. The summed E-state index contributed by atoms with van der Waals surface area (Å²) in [5.41, 5.74) is 5.82. The number of hydrogen-bond donors (Lipinski definition) is 2. The summed E-state index contributed by atoms with van der Waals surface area (Å²) in [6.45, 7) is 3.53. The maximum absolute atomic E-state index is 13.3. The van der Waals surface area contributed by atoms with Gasteiger partial charge in [0.1, 0.15) is 5.75 Å². The lowest BCUT2D eigenvalue weighted by molar-refractivity contribution is -0.139. The summed E-state index contributed by atoms with van der Waals surface area (Å²) in [6.07, 6.45) is 2.15. The fraction of sp³-hybridized carbons (Fsp3) is 0.269. The van der Waals surface area contributed by atoms with Gasteiger partial charge in [0.05, 0.1) is 4.90 Å². The van der Waals surface area contributed by atoms with Gasteiger partial charge in [0.15, 0.2) is 6.61 Å². The van der Waals surface area contributed by atoms with Crippen LogP contribution in [0.15, 0.2) is 65.6 Å². The van der Waals surface area contributed by atoms with E-state index in [1.165, 1.54) is 0 Å². The lowest BCUT2D eigenvalue weighted by Gasteiger charge is -2.27. The number of ether oxygens (including phenoxy) is 1. The maximum Gasteiger partial charge on any atom is 0.341 e. The minimum atomic E-state index is -3.76. The average molecular weight is 466 g/mol.